The minimum atomic E-state index is -0.393. The van der Waals surface area contributed by atoms with Crippen LogP contribution < -0.4 is 0 Å². The molecular formula is C28H29FN4O2. The minimum Gasteiger partial charge on any atom is -0.361 e. The van der Waals surface area contributed by atoms with E-state index in [0.717, 1.165) is 66.3 Å². The predicted octanol–water partition coefficient (Wildman–Crippen LogP) is 4.90. The number of halogens is 1. The fourth-order valence-electron chi connectivity index (χ4n) is 5.92. The molecule has 1 atom stereocenters. The Balaban J connectivity index is 1.03. The largest absolute Gasteiger partial charge is 0.361 e. The summed E-state index contributed by atoms with van der Waals surface area (Å²) < 4.78 is 13.7. The molecule has 35 heavy (non-hydrogen) atoms. The maximum absolute atomic E-state index is 13.7. The van der Waals surface area contributed by atoms with Gasteiger partial charge in [-0.3, -0.25) is 14.5 Å². The molecule has 4 aromatic rings. The second-order valence-electron chi connectivity index (χ2n) is 9.83. The molecule has 0 saturated carbocycles. The lowest BCUT2D eigenvalue weighted by molar-refractivity contribution is -0.138. The molecule has 2 fully saturated rings. The number of benzene rings is 2. The first-order valence-electron chi connectivity index (χ1n) is 12.5. The third kappa shape index (κ3) is 4.04. The van der Waals surface area contributed by atoms with Crippen LogP contribution in [0.5, 0.6) is 0 Å². The topological polar surface area (TPSA) is 72.2 Å². The molecule has 0 radical (unpaired) electrons. The number of carbonyl (C=O) groups excluding carboxylic acids is 2. The molecule has 0 aliphatic carbocycles. The van der Waals surface area contributed by atoms with Gasteiger partial charge in [0, 0.05) is 47.2 Å². The second-order valence-corrected chi connectivity index (χ2v) is 9.83. The molecule has 6 nitrogen and oxygen atoms in total. The first-order valence-corrected chi connectivity index (χ1v) is 12.5. The van der Waals surface area contributed by atoms with Crippen LogP contribution in [0, 0.1) is 5.82 Å². The Morgan fingerprint density at radius 2 is 1.63 bits per heavy atom. The highest BCUT2D eigenvalue weighted by molar-refractivity contribution is 6.07. The van der Waals surface area contributed by atoms with Crippen LogP contribution in [0.15, 0.2) is 54.9 Å². The third-order valence-electron chi connectivity index (χ3n) is 7.80. The number of nitrogens with zero attached hydrogens (tertiary/aromatic N) is 2. The molecule has 180 valence electrons. The van der Waals surface area contributed by atoms with Crippen LogP contribution in [0.3, 0.4) is 0 Å². The second kappa shape index (κ2) is 8.96. The van der Waals surface area contributed by atoms with Crippen LogP contribution in [0.1, 0.15) is 48.6 Å². The summed E-state index contributed by atoms with van der Waals surface area (Å²) in [5, 5.41) is 2.00. The van der Waals surface area contributed by atoms with Crippen LogP contribution in [-0.2, 0) is 9.59 Å². The van der Waals surface area contributed by atoms with Crippen molar-refractivity contribution in [2.75, 3.05) is 26.2 Å². The number of fused-ring (bicyclic) bond motifs is 2. The lowest BCUT2D eigenvalue weighted by atomic mass is 9.89. The molecule has 2 aliphatic rings. The standard InChI is InChI=1S/C28H29FN4O2/c29-19-6-7-26-21(14-19)23(16-30-26)18-8-12-32(13-9-18)10-3-11-33-27(34)15-22(28(33)35)24-17-31-25-5-2-1-4-20(24)25/h1-2,4-7,14,16-18,22,30-31H,3,8-13,15H2. The van der Waals surface area contributed by atoms with E-state index in [1.165, 1.54) is 16.5 Å². The van der Waals surface area contributed by atoms with E-state index < -0.39 is 5.92 Å². The van der Waals surface area contributed by atoms with Crippen molar-refractivity contribution in [3.8, 4) is 0 Å². The summed E-state index contributed by atoms with van der Waals surface area (Å²) in [5.74, 6) is -0.329. The van der Waals surface area contributed by atoms with Crippen molar-refractivity contribution in [1.82, 2.24) is 19.8 Å². The summed E-state index contributed by atoms with van der Waals surface area (Å²) in [7, 11) is 0. The number of para-hydroxylation sites is 1. The van der Waals surface area contributed by atoms with Crippen molar-refractivity contribution in [2.24, 2.45) is 0 Å². The van der Waals surface area contributed by atoms with E-state index in [-0.39, 0.29) is 24.1 Å². The highest BCUT2D eigenvalue weighted by atomic mass is 19.1. The highest BCUT2D eigenvalue weighted by Gasteiger charge is 2.40. The molecule has 2 aromatic carbocycles. The number of imide groups is 1. The van der Waals surface area contributed by atoms with E-state index in [0.29, 0.717) is 12.5 Å². The number of rotatable bonds is 6. The van der Waals surface area contributed by atoms with Gasteiger partial charge in [-0.2, -0.15) is 0 Å². The molecule has 7 heteroatoms. The van der Waals surface area contributed by atoms with Crippen LogP contribution >= 0.6 is 0 Å². The third-order valence-corrected chi connectivity index (χ3v) is 7.80. The van der Waals surface area contributed by atoms with Crippen molar-refractivity contribution < 1.29 is 14.0 Å². The number of H-pyrrole nitrogens is 2. The molecule has 2 aromatic heterocycles. The van der Waals surface area contributed by atoms with Crippen molar-refractivity contribution in [3.63, 3.8) is 0 Å². The van der Waals surface area contributed by atoms with E-state index in [1.807, 2.05) is 36.7 Å². The van der Waals surface area contributed by atoms with E-state index in [2.05, 4.69) is 14.9 Å². The quantitative estimate of drug-likeness (QED) is 0.392. The van der Waals surface area contributed by atoms with Gasteiger partial charge in [0.2, 0.25) is 11.8 Å². The summed E-state index contributed by atoms with van der Waals surface area (Å²) in [6, 6.07) is 12.8. The number of nitrogens with one attached hydrogen (secondary N) is 2. The molecule has 2 saturated heterocycles. The Bertz CT molecular complexity index is 1400. The number of piperidine rings is 1. The van der Waals surface area contributed by atoms with Crippen molar-refractivity contribution in [2.45, 2.75) is 37.5 Å². The van der Waals surface area contributed by atoms with Gasteiger partial charge in [0.05, 0.1) is 5.92 Å². The zero-order valence-electron chi connectivity index (χ0n) is 19.6. The molecule has 6 rings (SSSR count). The molecule has 2 N–H and O–H groups in total. The van der Waals surface area contributed by atoms with Crippen LogP contribution in [0.2, 0.25) is 0 Å². The van der Waals surface area contributed by atoms with Crippen LogP contribution in [-0.4, -0.2) is 57.8 Å². The van der Waals surface area contributed by atoms with Gasteiger partial charge in [0.15, 0.2) is 0 Å². The number of aromatic nitrogens is 2. The summed E-state index contributed by atoms with van der Waals surface area (Å²) in [4.78, 5) is 36.1. The minimum absolute atomic E-state index is 0.0736. The summed E-state index contributed by atoms with van der Waals surface area (Å²) >= 11 is 0. The molecule has 0 bridgehead atoms. The summed E-state index contributed by atoms with van der Waals surface area (Å²) in [6.07, 6.45) is 6.97. The Labute approximate surface area is 203 Å². The maximum atomic E-state index is 13.7. The number of hydrogen-bond donors (Lipinski definition) is 2. The van der Waals surface area contributed by atoms with E-state index in [1.54, 1.807) is 12.1 Å². The SMILES string of the molecule is O=C1CC(c2c[nH]c3ccccc23)C(=O)N1CCCN1CCC(c2c[nH]c3ccc(F)cc23)CC1. The van der Waals surface area contributed by atoms with Crippen LogP contribution in [0.4, 0.5) is 4.39 Å². The van der Waals surface area contributed by atoms with Gasteiger partial charge < -0.3 is 14.9 Å². The lowest BCUT2D eigenvalue weighted by Gasteiger charge is -2.32. The zero-order chi connectivity index (χ0) is 23.9. The van der Waals surface area contributed by atoms with Gasteiger partial charge in [-0.25, -0.2) is 4.39 Å². The molecule has 1 unspecified atom stereocenters. The van der Waals surface area contributed by atoms with E-state index in [9.17, 15) is 14.0 Å². The van der Waals surface area contributed by atoms with Crippen molar-refractivity contribution >= 4 is 33.6 Å². The average Bonchev–Trinajstić information content (AvgIpc) is 3.56. The molecule has 2 amide bonds. The Morgan fingerprint density at radius 1 is 0.886 bits per heavy atom. The zero-order valence-corrected chi connectivity index (χ0v) is 19.6. The van der Waals surface area contributed by atoms with E-state index >= 15 is 0 Å². The Hall–Kier alpha value is -3.45. The van der Waals surface area contributed by atoms with Gasteiger partial charge >= 0.3 is 0 Å². The van der Waals surface area contributed by atoms with Gasteiger partial charge in [0.25, 0.3) is 0 Å². The average molecular weight is 473 g/mol. The van der Waals surface area contributed by atoms with E-state index in [4.69, 9.17) is 0 Å². The first-order chi connectivity index (χ1) is 17.1. The number of carbonyl (C=O) groups is 2. The first kappa shape index (κ1) is 22.0. The van der Waals surface area contributed by atoms with Gasteiger partial charge in [-0.1, -0.05) is 18.2 Å². The number of aromatic amines is 2. The van der Waals surface area contributed by atoms with Gasteiger partial charge in [-0.15, -0.1) is 0 Å². The summed E-state index contributed by atoms with van der Waals surface area (Å²) in [6.45, 7) is 3.27. The van der Waals surface area contributed by atoms with Crippen molar-refractivity contribution in [3.05, 3.63) is 71.8 Å². The smallest absolute Gasteiger partial charge is 0.237 e. The molecule has 4 heterocycles. The highest BCUT2D eigenvalue weighted by Crippen LogP contribution is 2.35. The number of hydrogen-bond acceptors (Lipinski definition) is 3. The number of amides is 2. The molecule has 2 aliphatic heterocycles. The number of likely N-dealkylation sites (tertiary alicyclic amines) is 2. The molecule has 0 spiro atoms. The Kier molecular flexibility index (Phi) is 5.65. The lowest BCUT2D eigenvalue weighted by Crippen LogP contribution is -2.37. The van der Waals surface area contributed by atoms with Gasteiger partial charge in [-0.05, 0) is 80.2 Å². The summed E-state index contributed by atoms with van der Waals surface area (Å²) in [5.41, 5.74) is 4.09. The molecular weight excluding hydrogens is 443 g/mol. The van der Waals surface area contributed by atoms with Crippen LogP contribution in [0.25, 0.3) is 21.8 Å². The monoisotopic (exact) mass is 472 g/mol. The normalized spacial score (nSPS) is 20.0. The fraction of sp³-hybridized carbons (Fsp3) is 0.357. The Morgan fingerprint density at radius 3 is 2.46 bits per heavy atom. The predicted molar refractivity (Wildman–Crippen MR) is 134 cm³/mol. The fourth-order valence-corrected chi connectivity index (χ4v) is 5.92. The van der Waals surface area contributed by atoms with Gasteiger partial charge in [0.1, 0.15) is 5.82 Å². The maximum Gasteiger partial charge on any atom is 0.237 e. The van der Waals surface area contributed by atoms with Crippen molar-refractivity contribution in [1.29, 1.82) is 0 Å².